The molecule has 2 aromatic carbocycles. The van der Waals surface area contributed by atoms with E-state index >= 15 is 0 Å². The number of carbonyl (C=O) groups is 1. The monoisotopic (exact) mass is 435 g/mol. The van der Waals surface area contributed by atoms with Crippen LogP contribution in [0.2, 0.25) is 10.0 Å². The molecule has 0 N–H and O–H groups in total. The van der Waals surface area contributed by atoms with Crippen molar-refractivity contribution in [2.45, 2.75) is 11.8 Å². The zero-order chi connectivity index (χ0) is 20.4. The molecule has 1 aliphatic rings. The average molecular weight is 436 g/mol. The lowest BCUT2D eigenvalue weighted by atomic mass is 10.2. The fourth-order valence-electron chi connectivity index (χ4n) is 2.70. The van der Waals surface area contributed by atoms with E-state index < -0.39 is 10.8 Å². The molecule has 5 nitrogen and oxygen atoms in total. The molecule has 0 aromatic heterocycles. The van der Waals surface area contributed by atoms with Crippen molar-refractivity contribution in [1.29, 1.82) is 0 Å². The van der Waals surface area contributed by atoms with Crippen molar-refractivity contribution in [2.24, 2.45) is 5.10 Å². The number of carbonyl (C=O) groups excluding carboxylic acids is 1. The molecule has 0 aliphatic carbocycles. The second-order valence-electron chi connectivity index (χ2n) is 6.53. The van der Waals surface area contributed by atoms with E-state index in [1.54, 1.807) is 35.4 Å². The van der Waals surface area contributed by atoms with Crippen LogP contribution in [0.4, 0.5) is 5.69 Å². The van der Waals surface area contributed by atoms with Crippen LogP contribution in [0.1, 0.15) is 5.56 Å². The number of amides is 1. The second-order valence-corrected chi connectivity index (χ2v) is 8.76. The fraction of sp³-hybridized carbons (Fsp3) is 0.200. The van der Waals surface area contributed by atoms with Gasteiger partial charge in [0.2, 0.25) is 0 Å². The number of anilines is 1. The first-order chi connectivity index (χ1) is 13.3. The predicted octanol–water partition coefficient (Wildman–Crippen LogP) is 4.26. The van der Waals surface area contributed by atoms with Crippen molar-refractivity contribution in [1.82, 2.24) is 4.90 Å². The highest BCUT2D eigenvalue weighted by atomic mass is 35.5. The number of para-hydroxylation sites is 1. The van der Waals surface area contributed by atoms with E-state index in [9.17, 15) is 9.00 Å². The Morgan fingerprint density at radius 1 is 1.14 bits per heavy atom. The van der Waals surface area contributed by atoms with Crippen LogP contribution >= 0.6 is 23.2 Å². The number of hydrogen-bond donors (Lipinski definition) is 0. The lowest BCUT2D eigenvalue weighted by Crippen LogP contribution is -2.23. The number of halogens is 2. The first-order valence-electron chi connectivity index (χ1n) is 8.47. The van der Waals surface area contributed by atoms with Gasteiger partial charge in [-0.05, 0) is 36.8 Å². The first kappa shape index (κ1) is 20.6. The topological polar surface area (TPSA) is 53.0 Å². The van der Waals surface area contributed by atoms with Crippen LogP contribution in [0.25, 0.3) is 0 Å². The third-order valence-corrected chi connectivity index (χ3v) is 6.26. The van der Waals surface area contributed by atoms with E-state index in [-0.39, 0.29) is 11.7 Å². The molecule has 1 aliphatic heterocycles. The third-order valence-electron chi connectivity index (χ3n) is 4.07. The fourth-order valence-corrected chi connectivity index (χ4v) is 4.55. The van der Waals surface area contributed by atoms with E-state index in [0.29, 0.717) is 31.9 Å². The van der Waals surface area contributed by atoms with Crippen LogP contribution < -0.4 is 5.01 Å². The van der Waals surface area contributed by atoms with Crippen LogP contribution in [0.5, 0.6) is 0 Å². The maximum Gasteiger partial charge on any atom is 0.282 e. The minimum Gasteiger partial charge on any atom is -0.383 e. The summed E-state index contributed by atoms with van der Waals surface area (Å²) < 4.78 is 13.0. The summed E-state index contributed by atoms with van der Waals surface area (Å²) in [4.78, 5) is 15.1. The van der Waals surface area contributed by atoms with Gasteiger partial charge in [-0.15, -0.1) is 0 Å². The highest BCUT2D eigenvalue weighted by Crippen LogP contribution is 2.29. The Balaban J connectivity index is 1.96. The number of rotatable bonds is 5. The summed E-state index contributed by atoms with van der Waals surface area (Å²) in [6.07, 6.45) is 1.69. The van der Waals surface area contributed by atoms with Crippen LogP contribution in [0.3, 0.4) is 0 Å². The van der Waals surface area contributed by atoms with Gasteiger partial charge in [-0.25, -0.2) is 0 Å². The number of hydrogen-bond acceptors (Lipinski definition) is 4. The van der Waals surface area contributed by atoms with Crippen molar-refractivity contribution in [3.8, 4) is 0 Å². The van der Waals surface area contributed by atoms with Gasteiger partial charge in [-0.1, -0.05) is 41.4 Å². The Bertz CT molecular complexity index is 1000. The Morgan fingerprint density at radius 3 is 2.46 bits per heavy atom. The van der Waals surface area contributed by atoms with Gasteiger partial charge in [-0.3, -0.25) is 9.00 Å². The zero-order valence-electron chi connectivity index (χ0n) is 15.6. The zero-order valence-corrected chi connectivity index (χ0v) is 18.0. The molecule has 28 heavy (non-hydrogen) atoms. The van der Waals surface area contributed by atoms with Crippen molar-refractivity contribution < 1.29 is 9.00 Å². The number of hydrazone groups is 1. The summed E-state index contributed by atoms with van der Waals surface area (Å²) in [6, 6.07) is 12.4. The molecule has 8 heteroatoms. The summed E-state index contributed by atoms with van der Waals surface area (Å²) in [5.41, 5.74) is 2.29. The standard InChI is InChI=1S/C20H19Cl2N3O2S/c1-13-9-19(17(22)10-16(13)21)28(27)12-18-15(11-24(2)3)20(26)25(23-18)14-7-5-4-6-8-14/h4-11H,12H2,1-3H3. The summed E-state index contributed by atoms with van der Waals surface area (Å²) >= 11 is 12.3. The number of nitrogens with zero attached hydrogens (tertiary/aromatic N) is 3. The molecule has 0 saturated carbocycles. The molecule has 1 unspecified atom stereocenters. The normalized spacial score (nSPS) is 16.5. The molecular weight excluding hydrogens is 417 g/mol. The quantitative estimate of drug-likeness (QED) is 0.659. The predicted molar refractivity (Wildman–Crippen MR) is 116 cm³/mol. The molecule has 3 rings (SSSR count). The van der Waals surface area contributed by atoms with Crippen LogP contribution in [0.15, 0.2) is 64.2 Å². The molecule has 1 amide bonds. The Labute approximate surface area is 176 Å². The molecule has 2 aromatic rings. The Morgan fingerprint density at radius 2 is 1.82 bits per heavy atom. The van der Waals surface area contributed by atoms with E-state index in [1.807, 2.05) is 39.2 Å². The lowest BCUT2D eigenvalue weighted by Gasteiger charge is -2.12. The van der Waals surface area contributed by atoms with Gasteiger partial charge < -0.3 is 4.90 Å². The maximum atomic E-state index is 13.0. The summed E-state index contributed by atoms with van der Waals surface area (Å²) in [5, 5.41) is 6.63. The summed E-state index contributed by atoms with van der Waals surface area (Å²) in [6.45, 7) is 1.82. The molecule has 1 atom stereocenters. The van der Waals surface area contributed by atoms with Gasteiger partial charge in [0.25, 0.3) is 5.91 Å². The van der Waals surface area contributed by atoms with Gasteiger partial charge in [0.1, 0.15) is 0 Å². The van der Waals surface area contributed by atoms with Crippen molar-refractivity contribution in [3.63, 3.8) is 0 Å². The van der Waals surface area contributed by atoms with Crippen LogP contribution in [-0.4, -0.2) is 40.6 Å². The smallest absolute Gasteiger partial charge is 0.282 e. The lowest BCUT2D eigenvalue weighted by molar-refractivity contribution is -0.114. The van der Waals surface area contributed by atoms with E-state index in [4.69, 9.17) is 23.2 Å². The highest BCUT2D eigenvalue weighted by molar-refractivity contribution is 7.86. The van der Waals surface area contributed by atoms with Crippen LogP contribution in [-0.2, 0) is 15.6 Å². The second kappa shape index (κ2) is 8.47. The van der Waals surface area contributed by atoms with Crippen LogP contribution in [0, 0.1) is 6.92 Å². The van der Waals surface area contributed by atoms with Crippen molar-refractivity contribution in [2.75, 3.05) is 24.9 Å². The van der Waals surface area contributed by atoms with Gasteiger partial charge in [-0.2, -0.15) is 10.1 Å². The molecular formula is C20H19Cl2N3O2S. The Hall–Kier alpha value is -2.15. The van der Waals surface area contributed by atoms with Gasteiger partial charge in [0, 0.05) is 25.3 Å². The first-order valence-corrected chi connectivity index (χ1v) is 10.5. The molecule has 1 heterocycles. The minimum atomic E-state index is -1.48. The van der Waals surface area contributed by atoms with Gasteiger partial charge >= 0.3 is 0 Å². The van der Waals surface area contributed by atoms with Gasteiger partial charge in [0.15, 0.2) is 0 Å². The van der Waals surface area contributed by atoms with E-state index in [2.05, 4.69) is 5.10 Å². The number of benzene rings is 2. The molecule has 0 spiro atoms. The van der Waals surface area contributed by atoms with Crippen molar-refractivity contribution in [3.05, 3.63) is 69.8 Å². The highest BCUT2D eigenvalue weighted by Gasteiger charge is 2.32. The van der Waals surface area contributed by atoms with Gasteiger partial charge in [0.05, 0.1) is 43.4 Å². The molecule has 146 valence electrons. The summed E-state index contributed by atoms with van der Waals surface area (Å²) in [5.74, 6) is -0.194. The molecule has 0 bridgehead atoms. The third kappa shape index (κ3) is 4.29. The molecule has 0 saturated heterocycles. The molecule has 0 fully saturated rings. The number of aryl methyl sites for hydroxylation is 1. The summed E-state index contributed by atoms with van der Waals surface area (Å²) in [7, 11) is 2.15. The minimum absolute atomic E-state index is 0.0650. The maximum absolute atomic E-state index is 13.0. The Kier molecular flexibility index (Phi) is 6.23. The largest absolute Gasteiger partial charge is 0.383 e. The van der Waals surface area contributed by atoms with E-state index in [1.165, 1.54) is 5.01 Å². The van der Waals surface area contributed by atoms with E-state index in [0.717, 1.165) is 5.56 Å². The SMILES string of the molecule is Cc1cc(S(=O)CC2=NN(c3ccccc3)C(=O)C2=CN(C)C)c(Cl)cc1Cl. The molecule has 0 radical (unpaired) electrons. The van der Waals surface area contributed by atoms with Crippen molar-refractivity contribution >= 4 is 51.3 Å². The average Bonchev–Trinajstić information content (AvgIpc) is 2.94.